The van der Waals surface area contributed by atoms with Gasteiger partial charge in [-0.15, -0.1) is 0 Å². The first-order valence-corrected chi connectivity index (χ1v) is 11.4. The van der Waals surface area contributed by atoms with Crippen LogP contribution in [0.1, 0.15) is 18.2 Å². The Morgan fingerprint density at radius 2 is 1.80 bits per heavy atom. The fourth-order valence-electron chi connectivity index (χ4n) is 4.05. The largest absolute Gasteiger partial charge is 0.450 e. The second kappa shape index (κ2) is 9.87. The van der Waals surface area contributed by atoms with E-state index in [9.17, 15) is 4.79 Å². The molecule has 4 heterocycles. The summed E-state index contributed by atoms with van der Waals surface area (Å²) >= 11 is 0. The molecule has 0 amide bonds. The summed E-state index contributed by atoms with van der Waals surface area (Å²) in [6, 6.07) is 20.4. The van der Waals surface area contributed by atoms with Crippen molar-refractivity contribution in [1.29, 1.82) is 0 Å². The lowest BCUT2D eigenvalue weighted by atomic mass is 9.98. The van der Waals surface area contributed by atoms with E-state index in [1.54, 1.807) is 0 Å². The Morgan fingerprint density at radius 1 is 0.943 bits per heavy atom. The van der Waals surface area contributed by atoms with Crippen molar-refractivity contribution >= 4 is 17.0 Å². The van der Waals surface area contributed by atoms with Crippen molar-refractivity contribution in [2.24, 2.45) is 0 Å². The SMILES string of the molecule is CC(=O)OCNCc1cccc(-c2cncc(-c3cc(-c4cccc(C)n4)nc4[nH]ccc34)c2)c1. The third-order valence-electron chi connectivity index (χ3n) is 5.70. The standard InChI is InChI=1S/C28H25N5O2/c1-18-5-3-8-26(32-18)27-13-25(24-9-10-31-28(24)33-27)23-12-22(15-29-16-23)21-7-4-6-20(11-21)14-30-17-35-19(2)34/h3-13,15-16,30H,14,17H2,1-2H3,(H,31,33). The number of aromatic amines is 1. The number of aryl methyl sites for hydroxylation is 1. The molecule has 7 nitrogen and oxygen atoms in total. The normalized spacial score (nSPS) is 11.0. The van der Waals surface area contributed by atoms with Crippen molar-refractivity contribution in [3.8, 4) is 33.6 Å². The molecule has 0 aliphatic rings. The minimum Gasteiger partial charge on any atom is -0.450 e. The van der Waals surface area contributed by atoms with Gasteiger partial charge in [0.15, 0.2) is 0 Å². The number of nitrogens with zero attached hydrogens (tertiary/aromatic N) is 3. The number of pyridine rings is 3. The van der Waals surface area contributed by atoms with E-state index in [-0.39, 0.29) is 12.7 Å². The minimum atomic E-state index is -0.303. The number of carbonyl (C=O) groups is 1. The Bertz CT molecular complexity index is 1510. The van der Waals surface area contributed by atoms with Crippen LogP contribution in [-0.2, 0) is 16.1 Å². The first-order valence-electron chi connectivity index (χ1n) is 11.4. The van der Waals surface area contributed by atoms with Crippen LogP contribution in [0.4, 0.5) is 0 Å². The molecule has 0 aliphatic heterocycles. The number of ether oxygens (including phenoxy) is 1. The summed E-state index contributed by atoms with van der Waals surface area (Å²) in [5.41, 5.74) is 8.61. The van der Waals surface area contributed by atoms with Crippen LogP contribution in [0.15, 0.2) is 79.3 Å². The number of hydrogen-bond acceptors (Lipinski definition) is 6. The van der Waals surface area contributed by atoms with Gasteiger partial charge in [-0.05, 0) is 60.0 Å². The summed E-state index contributed by atoms with van der Waals surface area (Å²) in [6.45, 7) is 4.15. The average Bonchev–Trinajstić information content (AvgIpc) is 3.35. The number of fused-ring (bicyclic) bond motifs is 1. The van der Waals surface area contributed by atoms with Crippen molar-refractivity contribution in [2.45, 2.75) is 20.4 Å². The van der Waals surface area contributed by atoms with Crippen LogP contribution in [0, 0.1) is 6.92 Å². The Labute approximate surface area is 203 Å². The lowest BCUT2D eigenvalue weighted by Crippen LogP contribution is -2.19. The van der Waals surface area contributed by atoms with Crippen LogP contribution in [0.5, 0.6) is 0 Å². The number of benzene rings is 1. The van der Waals surface area contributed by atoms with Crippen molar-refractivity contribution in [1.82, 2.24) is 25.3 Å². The summed E-state index contributed by atoms with van der Waals surface area (Å²) in [5, 5.41) is 4.15. The van der Waals surface area contributed by atoms with Gasteiger partial charge in [0.25, 0.3) is 0 Å². The zero-order valence-electron chi connectivity index (χ0n) is 19.6. The Morgan fingerprint density at radius 3 is 2.66 bits per heavy atom. The molecule has 5 rings (SSSR count). The highest BCUT2D eigenvalue weighted by Gasteiger charge is 2.13. The van der Waals surface area contributed by atoms with Gasteiger partial charge in [0.1, 0.15) is 12.4 Å². The molecule has 35 heavy (non-hydrogen) atoms. The molecule has 5 aromatic rings. The van der Waals surface area contributed by atoms with Gasteiger partial charge >= 0.3 is 5.97 Å². The molecule has 1 aromatic carbocycles. The van der Waals surface area contributed by atoms with Gasteiger partial charge in [-0.1, -0.05) is 24.3 Å². The maximum atomic E-state index is 10.9. The molecular formula is C28H25N5O2. The summed E-state index contributed by atoms with van der Waals surface area (Å²) in [7, 11) is 0. The number of nitrogens with one attached hydrogen (secondary N) is 2. The highest BCUT2D eigenvalue weighted by atomic mass is 16.5. The van der Waals surface area contributed by atoms with Gasteiger partial charge in [-0.25, -0.2) is 4.98 Å². The number of H-pyrrole nitrogens is 1. The van der Waals surface area contributed by atoms with E-state index in [0.717, 1.165) is 55.9 Å². The quantitative estimate of drug-likeness (QED) is 0.194. The molecule has 0 radical (unpaired) electrons. The first-order chi connectivity index (χ1) is 17.1. The van der Waals surface area contributed by atoms with E-state index in [2.05, 4.69) is 44.5 Å². The smallest absolute Gasteiger partial charge is 0.303 e. The summed E-state index contributed by atoms with van der Waals surface area (Å²) in [5.74, 6) is -0.303. The van der Waals surface area contributed by atoms with Gasteiger partial charge in [0, 0.05) is 54.3 Å². The lowest BCUT2D eigenvalue weighted by Gasteiger charge is -2.10. The lowest BCUT2D eigenvalue weighted by molar-refractivity contribution is -0.141. The molecule has 0 atom stereocenters. The Kier molecular flexibility index (Phi) is 6.32. The van der Waals surface area contributed by atoms with E-state index in [4.69, 9.17) is 9.72 Å². The van der Waals surface area contributed by atoms with Crippen molar-refractivity contribution in [2.75, 3.05) is 6.73 Å². The van der Waals surface area contributed by atoms with Crippen LogP contribution >= 0.6 is 0 Å². The Balaban J connectivity index is 1.49. The van der Waals surface area contributed by atoms with Gasteiger partial charge in [0.05, 0.1) is 11.4 Å². The number of esters is 1. The fourth-order valence-corrected chi connectivity index (χ4v) is 4.05. The zero-order valence-corrected chi connectivity index (χ0v) is 19.6. The number of carbonyl (C=O) groups excluding carboxylic acids is 1. The van der Waals surface area contributed by atoms with E-state index in [1.807, 2.05) is 61.9 Å². The molecule has 0 saturated carbocycles. The zero-order chi connectivity index (χ0) is 24.2. The molecular weight excluding hydrogens is 438 g/mol. The van der Waals surface area contributed by atoms with Crippen molar-refractivity contribution in [3.63, 3.8) is 0 Å². The second-order valence-corrected chi connectivity index (χ2v) is 8.33. The predicted molar refractivity (Wildman–Crippen MR) is 136 cm³/mol. The van der Waals surface area contributed by atoms with Crippen LogP contribution in [0.2, 0.25) is 0 Å². The van der Waals surface area contributed by atoms with E-state index in [1.165, 1.54) is 6.92 Å². The van der Waals surface area contributed by atoms with E-state index in [0.29, 0.717) is 6.54 Å². The summed E-state index contributed by atoms with van der Waals surface area (Å²) in [6.07, 6.45) is 5.65. The Hall–Kier alpha value is -4.36. The van der Waals surface area contributed by atoms with Gasteiger partial charge in [-0.3, -0.25) is 20.1 Å². The number of rotatable bonds is 7. The summed E-state index contributed by atoms with van der Waals surface area (Å²) < 4.78 is 4.95. The van der Waals surface area contributed by atoms with Crippen molar-refractivity contribution < 1.29 is 9.53 Å². The molecule has 2 N–H and O–H groups in total. The molecule has 0 spiro atoms. The third kappa shape index (κ3) is 5.10. The maximum absolute atomic E-state index is 10.9. The fraction of sp³-hybridized carbons (Fsp3) is 0.143. The van der Waals surface area contributed by atoms with Gasteiger partial charge in [-0.2, -0.15) is 0 Å². The highest BCUT2D eigenvalue weighted by molar-refractivity contribution is 5.95. The molecule has 0 bridgehead atoms. The van der Waals surface area contributed by atoms with Crippen molar-refractivity contribution in [3.05, 3.63) is 90.5 Å². The molecule has 0 unspecified atom stereocenters. The molecule has 0 saturated heterocycles. The van der Waals surface area contributed by atoms with Crippen LogP contribution in [-0.4, -0.2) is 32.6 Å². The van der Waals surface area contributed by atoms with E-state index < -0.39 is 0 Å². The molecule has 0 fully saturated rings. The second-order valence-electron chi connectivity index (χ2n) is 8.33. The number of aromatic nitrogens is 4. The van der Waals surface area contributed by atoms with E-state index >= 15 is 0 Å². The van der Waals surface area contributed by atoms with Crippen LogP contribution < -0.4 is 5.32 Å². The minimum absolute atomic E-state index is 0.184. The molecule has 4 aromatic heterocycles. The van der Waals surface area contributed by atoms with Gasteiger partial charge in [0.2, 0.25) is 0 Å². The predicted octanol–water partition coefficient (Wildman–Crippen LogP) is 5.27. The monoisotopic (exact) mass is 463 g/mol. The molecule has 0 aliphatic carbocycles. The summed E-state index contributed by atoms with van der Waals surface area (Å²) in [4.78, 5) is 28.2. The average molecular weight is 464 g/mol. The molecule has 7 heteroatoms. The maximum Gasteiger partial charge on any atom is 0.303 e. The first kappa shape index (κ1) is 22.4. The third-order valence-corrected chi connectivity index (χ3v) is 5.70. The molecule has 174 valence electrons. The van der Waals surface area contributed by atoms with Crippen LogP contribution in [0.25, 0.3) is 44.7 Å². The number of hydrogen-bond donors (Lipinski definition) is 2. The highest BCUT2D eigenvalue weighted by Crippen LogP contribution is 2.33. The topological polar surface area (TPSA) is 92.8 Å². The van der Waals surface area contributed by atoms with Gasteiger partial charge < -0.3 is 9.72 Å². The van der Waals surface area contributed by atoms with Crippen LogP contribution in [0.3, 0.4) is 0 Å².